The Bertz CT molecular complexity index is 1350. The first-order valence-electron chi connectivity index (χ1n) is 10.8. The number of hydrogen-bond donors (Lipinski definition) is 2. The minimum atomic E-state index is -4.78. The molecule has 0 bridgehead atoms. The molecule has 1 aliphatic rings. The number of sulfonamides is 1. The van der Waals surface area contributed by atoms with Crippen LogP contribution in [0.25, 0.3) is 11.3 Å². The SMILES string of the molecule is Cc1ccc(F)cc1-c1nc(NS(=O)(=O)c2cccc(N3CCNC(C)C3)n2)ccc1C(F)(F)F. The van der Waals surface area contributed by atoms with Crippen LogP contribution < -0.4 is 14.9 Å². The number of anilines is 2. The van der Waals surface area contributed by atoms with E-state index in [0.29, 0.717) is 24.5 Å². The maximum atomic E-state index is 13.8. The van der Waals surface area contributed by atoms with E-state index in [2.05, 4.69) is 20.0 Å². The van der Waals surface area contributed by atoms with Crippen molar-refractivity contribution in [2.24, 2.45) is 0 Å². The van der Waals surface area contributed by atoms with Gasteiger partial charge in [0.15, 0.2) is 5.03 Å². The molecule has 1 saturated heterocycles. The molecule has 12 heteroatoms. The highest BCUT2D eigenvalue weighted by atomic mass is 32.2. The van der Waals surface area contributed by atoms with Crippen LogP contribution >= 0.6 is 0 Å². The number of pyridine rings is 2. The summed E-state index contributed by atoms with van der Waals surface area (Å²) in [6.45, 7) is 5.52. The summed E-state index contributed by atoms with van der Waals surface area (Å²) in [6, 6.07) is 9.75. The largest absolute Gasteiger partial charge is 0.418 e. The molecule has 3 aromatic rings. The average molecular weight is 510 g/mol. The van der Waals surface area contributed by atoms with Crippen LogP contribution in [0, 0.1) is 12.7 Å². The van der Waals surface area contributed by atoms with Crippen LogP contribution in [-0.2, 0) is 16.2 Å². The maximum Gasteiger partial charge on any atom is 0.418 e. The van der Waals surface area contributed by atoms with E-state index >= 15 is 0 Å². The number of alkyl halides is 3. The van der Waals surface area contributed by atoms with Gasteiger partial charge in [-0.1, -0.05) is 12.1 Å². The van der Waals surface area contributed by atoms with Crippen LogP contribution in [-0.4, -0.2) is 44.1 Å². The maximum absolute atomic E-state index is 13.8. The molecule has 0 saturated carbocycles. The predicted molar refractivity (Wildman–Crippen MR) is 124 cm³/mol. The number of rotatable bonds is 5. The van der Waals surface area contributed by atoms with Gasteiger partial charge in [0.25, 0.3) is 10.0 Å². The molecule has 3 heterocycles. The number of aromatic nitrogens is 2. The topological polar surface area (TPSA) is 87.2 Å². The monoisotopic (exact) mass is 509 g/mol. The average Bonchev–Trinajstić information content (AvgIpc) is 2.80. The molecule has 35 heavy (non-hydrogen) atoms. The van der Waals surface area contributed by atoms with Crippen molar-refractivity contribution in [1.29, 1.82) is 0 Å². The highest BCUT2D eigenvalue weighted by Gasteiger charge is 2.35. The first kappa shape index (κ1) is 24.9. The fourth-order valence-electron chi connectivity index (χ4n) is 3.86. The lowest BCUT2D eigenvalue weighted by Gasteiger charge is -2.32. The summed E-state index contributed by atoms with van der Waals surface area (Å²) >= 11 is 0. The zero-order valence-corrected chi connectivity index (χ0v) is 19.7. The van der Waals surface area contributed by atoms with Crippen molar-refractivity contribution in [1.82, 2.24) is 15.3 Å². The number of nitrogens with zero attached hydrogens (tertiary/aromatic N) is 3. The van der Waals surface area contributed by atoms with Crippen LogP contribution in [0.15, 0.2) is 53.6 Å². The summed E-state index contributed by atoms with van der Waals surface area (Å²) in [4.78, 5) is 10.1. The van der Waals surface area contributed by atoms with Gasteiger partial charge in [0.05, 0.1) is 11.3 Å². The Morgan fingerprint density at radius 2 is 1.89 bits per heavy atom. The fourth-order valence-corrected chi connectivity index (χ4v) is 4.82. The van der Waals surface area contributed by atoms with Crippen LogP contribution in [0.5, 0.6) is 0 Å². The van der Waals surface area contributed by atoms with Crippen molar-refractivity contribution in [2.45, 2.75) is 31.1 Å². The van der Waals surface area contributed by atoms with E-state index in [1.54, 1.807) is 12.1 Å². The second kappa shape index (κ2) is 9.42. The lowest BCUT2D eigenvalue weighted by molar-refractivity contribution is -0.137. The molecular formula is C23H23F4N5O2S. The summed E-state index contributed by atoms with van der Waals surface area (Å²) in [5.41, 5.74) is -1.43. The molecule has 4 rings (SSSR count). The quantitative estimate of drug-likeness (QED) is 0.501. The van der Waals surface area contributed by atoms with E-state index in [9.17, 15) is 26.0 Å². The molecule has 1 aromatic carbocycles. The van der Waals surface area contributed by atoms with E-state index in [0.717, 1.165) is 30.8 Å². The van der Waals surface area contributed by atoms with Gasteiger partial charge in [-0.15, -0.1) is 0 Å². The van der Waals surface area contributed by atoms with Crippen LogP contribution in [0.3, 0.4) is 0 Å². The molecule has 0 amide bonds. The molecule has 0 spiro atoms. The second-order valence-electron chi connectivity index (χ2n) is 8.29. The Kier molecular flexibility index (Phi) is 6.69. The fraction of sp³-hybridized carbons (Fsp3) is 0.304. The third-order valence-electron chi connectivity index (χ3n) is 5.57. The molecule has 186 valence electrons. The smallest absolute Gasteiger partial charge is 0.354 e. The van der Waals surface area contributed by atoms with Gasteiger partial charge >= 0.3 is 6.18 Å². The van der Waals surface area contributed by atoms with Gasteiger partial charge in [0.1, 0.15) is 17.5 Å². The number of hydrogen-bond acceptors (Lipinski definition) is 6. The van der Waals surface area contributed by atoms with E-state index in [1.165, 1.54) is 19.1 Å². The first-order chi connectivity index (χ1) is 16.4. The first-order valence-corrected chi connectivity index (χ1v) is 12.3. The van der Waals surface area contributed by atoms with Crippen LogP contribution in [0.4, 0.5) is 29.2 Å². The second-order valence-corrected chi connectivity index (χ2v) is 9.92. The van der Waals surface area contributed by atoms with Crippen molar-refractivity contribution < 1.29 is 26.0 Å². The molecule has 2 aromatic heterocycles. The number of nitrogens with one attached hydrogen (secondary N) is 2. The molecule has 0 radical (unpaired) electrons. The Balaban J connectivity index is 1.70. The van der Waals surface area contributed by atoms with Gasteiger partial charge in [0.2, 0.25) is 0 Å². The summed E-state index contributed by atoms with van der Waals surface area (Å²) < 4.78 is 83.1. The van der Waals surface area contributed by atoms with Crippen molar-refractivity contribution in [3.05, 3.63) is 65.5 Å². The predicted octanol–water partition coefficient (Wildman–Crippen LogP) is 4.21. The Morgan fingerprint density at radius 1 is 1.11 bits per heavy atom. The van der Waals surface area contributed by atoms with Crippen LogP contribution in [0.1, 0.15) is 18.1 Å². The number of aryl methyl sites for hydroxylation is 1. The third kappa shape index (κ3) is 5.54. The van der Waals surface area contributed by atoms with Crippen LogP contribution in [0.2, 0.25) is 0 Å². The third-order valence-corrected chi connectivity index (χ3v) is 6.83. The lowest BCUT2D eigenvalue weighted by atomic mass is 10.0. The molecule has 1 atom stereocenters. The van der Waals surface area contributed by atoms with Gasteiger partial charge in [0, 0.05) is 31.2 Å². The molecule has 1 aliphatic heterocycles. The Hall–Kier alpha value is -3.25. The van der Waals surface area contributed by atoms with Crippen molar-refractivity contribution in [3.63, 3.8) is 0 Å². The summed E-state index contributed by atoms with van der Waals surface area (Å²) in [5, 5.41) is 2.99. The van der Waals surface area contributed by atoms with E-state index in [-0.39, 0.29) is 22.4 Å². The molecule has 1 fully saturated rings. The summed E-state index contributed by atoms with van der Waals surface area (Å²) in [5.74, 6) is -0.618. The zero-order chi connectivity index (χ0) is 25.4. The van der Waals surface area contributed by atoms with E-state index in [1.807, 2.05) is 11.8 Å². The number of benzene rings is 1. The van der Waals surface area contributed by atoms with Gasteiger partial charge in [-0.25, -0.2) is 14.4 Å². The highest BCUT2D eigenvalue weighted by Crippen LogP contribution is 2.38. The van der Waals surface area contributed by atoms with Gasteiger partial charge < -0.3 is 10.2 Å². The summed E-state index contributed by atoms with van der Waals surface area (Å²) in [7, 11) is -4.27. The standard InChI is InChI=1S/C23H23F4N5O2S/c1-14-6-7-16(24)12-17(14)22-18(23(25,26)27)8-9-19(29-22)31-35(33,34)21-5-3-4-20(30-21)32-11-10-28-15(2)13-32/h3-9,12,15,28H,10-11,13H2,1-2H3,(H,29,31). The minimum absolute atomic E-state index is 0.0914. The van der Waals surface area contributed by atoms with E-state index in [4.69, 9.17) is 0 Å². The van der Waals surface area contributed by atoms with Gasteiger partial charge in [-0.05, 0) is 55.8 Å². The van der Waals surface area contributed by atoms with Gasteiger partial charge in [-0.3, -0.25) is 4.72 Å². The lowest BCUT2D eigenvalue weighted by Crippen LogP contribution is -2.49. The minimum Gasteiger partial charge on any atom is -0.354 e. The van der Waals surface area contributed by atoms with Crippen molar-refractivity contribution in [3.8, 4) is 11.3 Å². The van der Waals surface area contributed by atoms with Crippen molar-refractivity contribution in [2.75, 3.05) is 29.3 Å². The molecular weight excluding hydrogens is 486 g/mol. The normalized spacial score (nSPS) is 16.9. The van der Waals surface area contributed by atoms with Crippen molar-refractivity contribution >= 4 is 21.7 Å². The molecule has 2 N–H and O–H groups in total. The summed E-state index contributed by atoms with van der Waals surface area (Å²) in [6.07, 6.45) is -4.78. The van der Waals surface area contributed by atoms with E-state index < -0.39 is 33.3 Å². The molecule has 7 nitrogen and oxygen atoms in total. The molecule has 1 unspecified atom stereocenters. The Labute approximate surface area is 200 Å². The Morgan fingerprint density at radius 3 is 2.60 bits per heavy atom. The zero-order valence-electron chi connectivity index (χ0n) is 18.9. The van der Waals surface area contributed by atoms with Gasteiger partial charge in [-0.2, -0.15) is 21.6 Å². The molecule has 0 aliphatic carbocycles. The number of piperazine rings is 1. The highest BCUT2D eigenvalue weighted by molar-refractivity contribution is 7.92. The number of halogens is 4.